The van der Waals surface area contributed by atoms with Gasteiger partial charge in [0.1, 0.15) is 12.7 Å². The summed E-state index contributed by atoms with van der Waals surface area (Å²) in [5, 5.41) is 21.8. The van der Waals surface area contributed by atoms with E-state index in [1.165, 1.54) is 122 Å². The summed E-state index contributed by atoms with van der Waals surface area (Å²) in [7, 11) is -4.75. The summed E-state index contributed by atoms with van der Waals surface area (Å²) in [4.78, 5) is 45.9. The normalized spacial score (nSPS) is 13.8. The lowest BCUT2D eigenvalue weighted by atomic mass is 10.0. The van der Waals surface area contributed by atoms with Gasteiger partial charge < -0.3 is 25.2 Å². The highest BCUT2D eigenvalue weighted by atomic mass is 31.2. The fraction of sp³-hybridized carbons (Fsp3) is 0.886. The van der Waals surface area contributed by atoms with Gasteiger partial charge in [-0.1, -0.05) is 180 Å². The molecule has 0 aromatic carbocycles. The Morgan fingerprint density at radius 2 is 0.929 bits per heavy atom. The molecule has 4 N–H and O–H groups in total. The van der Waals surface area contributed by atoms with Crippen molar-refractivity contribution in [2.24, 2.45) is 0 Å². The minimum Gasteiger partial charge on any atom is -0.480 e. The van der Waals surface area contributed by atoms with Gasteiger partial charge in [0.2, 0.25) is 5.91 Å². The maximum absolute atomic E-state index is 12.3. The van der Waals surface area contributed by atoms with E-state index in [1.807, 2.05) is 0 Å². The molecule has 0 bridgehead atoms. The Bertz CT molecular complexity index is 1010. The summed E-state index contributed by atoms with van der Waals surface area (Å²) in [5.41, 5.74) is 0. The van der Waals surface area contributed by atoms with E-state index in [2.05, 4.69) is 31.3 Å². The number of carboxylic acids is 1. The number of hydrogen-bond donors (Lipinski definition) is 4. The number of ether oxygens (including phenoxy) is 1. The Hall–Kier alpha value is -1.78. The predicted octanol–water partition coefficient (Wildman–Crippen LogP) is 11.7. The molecule has 0 fully saturated rings. The second kappa shape index (κ2) is 40.0. The highest BCUT2D eigenvalue weighted by Gasteiger charge is 2.28. The maximum atomic E-state index is 12.3. The summed E-state index contributed by atoms with van der Waals surface area (Å²) in [6.07, 6.45) is 39.4. The summed E-state index contributed by atoms with van der Waals surface area (Å²) >= 11 is 0. The number of allylic oxidation sites excluding steroid dienone is 2. The van der Waals surface area contributed by atoms with Crippen LogP contribution in [0.15, 0.2) is 12.2 Å². The molecule has 0 saturated heterocycles. The van der Waals surface area contributed by atoms with E-state index in [4.69, 9.17) is 13.8 Å². The van der Waals surface area contributed by atoms with Crippen LogP contribution in [0.4, 0.5) is 0 Å². The molecule has 0 aromatic rings. The van der Waals surface area contributed by atoms with Crippen molar-refractivity contribution in [1.29, 1.82) is 0 Å². The molecule has 0 aliphatic heterocycles. The number of phosphoric acid groups is 1. The van der Waals surface area contributed by atoms with Crippen LogP contribution in [-0.2, 0) is 32.7 Å². The fourth-order valence-electron chi connectivity index (χ4n) is 6.49. The van der Waals surface area contributed by atoms with Gasteiger partial charge in [-0.3, -0.25) is 18.6 Å². The standard InChI is InChI=1S/C44H84NO10P/c1-3-5-7-9-11-13-15-17-19-20-22-23-25-27-29-31-33-35-42(47)45-41(44(49)50)39-55-56(51,52)54-38-40(46)37-53-43(48)36-34-32-30-28-26-24-21-18-16-14-12-10-8-6-4-2/h18,21,40-41,46H,3-17,19-20,22-39H2,1-2H3,(H,45,47)(H,49,50)(H,51,52)/b21-18-. The Kier molecular flexibility index (Phi) is 38.7. The molecule has 0 heterocycles. The SMILES string of the molecule is CCCCCCCC/C=C\CCCCCCCC(=O)OCC(O)COP(=O)(O)OCC(NC(=O)CCCCCCCCCCCCCCCCCCC)C(=O)O. The third kappa shape index (κ3) is 39.1. The lowest BCUT2D eigenvalue weighted by Gasteiger charge is -2.18. The van der Waals surface area contributed by atoms with E-state index in [0.717, 1.165) is 57.8 Å². The molecule has 0 spiro atoms. The van der Waals surface area contributed by atoms with Gasteiger partial charge >= 0.3 is 19.8 Å². The molecule has 0 aliphatic rings. The van der Waals surface area contributed by atoms with Gasteiger partial charge in [0, 0.05) is 12.8 Å². The second-order valence-electron chi connectivity index (χ2n) is 15.6. The number of carbonyl (C=O) groups is 3. The van der Waals surface area contributed by atoms with Crippen LogP contribution in [0.5, 0.6) is 0 Å². The third-order valence-electron chi connectivity index (χ3n) is 10.1. The van der Waals surface area contributed by atoms with Crippen molar-refractivity contribution in [2.45, 2.75) is 231 Å². The minimum atomic E-state index is -4.75. The molecule has 0 aromatic heterocycles. The Labute approximate surface area is 341 Å². The largest absolute Gasteiger partial charge is 0.480 e. The fourth-order valence-corrected chi connectivity index (χ4v) is 7.26. The van der Waals surface area contributed by atoms with Crippen molar-refractivity contribution >= 4 is 25.7 Å². The highest BCUT2D eigenvalue weighted by Crippen LogP contribution is 2.43. The van der Waals surface area contributed by atoms with E-state index in [-0.39, 0.29) is 12.8 Å². The molecule has 56 heavy (non-hydrogen) atoms. The molecule has 3 unspecified atom stereocenters. The molecule has 3 atom stereocenters. The zero-order valence-corrected chi connectivity index (χ0v) is 36.6. The average molecular weight is 818 g/mol. The molecule has 12 heteroatoms. The van der Waals surface area contributed by atoms with Crippen molar-refractivity contribution in [3.05, 3.63) is 12.2 Å². The number of aliphatic hydroxyl groups is 1. The van der Waals surface area contributed by atoms with Crippen molar-refractivity contribution in [3.8, 4) is 0 Å². The summed E-state index contributed by atoms with van der Waals surface area (Å²) in [5.74, 6) is -2.37. The maximum Gasteiger partial charge on any atom is 0.472 e. The first-order valence-corrected chi connectivity index (χ1v) is 24.2. The van der Waals surface area contributed by atoms with E-state index in [1.54, 1.807) is 0 Å². The van der Waals surface area contributed by atoms with Crippen LogP contribution in [0.25, 0.3) is 0 Å². The number of esters is 1. The number of rotatable bonds is 43. The zero-order chi connectivity index (χ0) is 41.4. The molecule has 0 rings (SSSR count). The summed E-state index contributed by atoms with van der Waals surface area (Å²) in [6.45, 7) is 2.60. The Balaban J connectivity index is 3.87. The van der Waals surface area contributed by atoms with E-state index >= 15 is 0 Å². The van der Waals surface area contributed by atoms with Crippen molar-refractivity contribution in [3.63, 3.8) is 0 Å². The molecule has 0 aliphatic carbocycles. The van der Waals surface area contributed by atoms with Crippen molar-refractivity contribution in [2.75, 3.05) is 19.8 Å². The Morgan fingerprint density at radius 1 is 0.554 bits per heavy atom. The van der Waals surface area contributed by atoms with E-state index < -0.39 is 57.6 Å². The number of aliphatic hydroxyl groups excluding tert-OH is 1. The number of unbranched alkanes of at least 4 members (excludes halogenated alkanes) is 27. The lowest BCUT2D eigenvalue weighted by Crippen LogP contribution is -2.43. The molecular weight excluding hydrogens is 733 g/mol. The van der Waals surface area contributed by atoms with E-state index in [0.29, 0.717) is 12.8 Å². The number of phosphoric ester groups is 1. The molecular formula is C44H84NO10P. The van der Waals surface area contributed by atoms with Gasteiger partial charge in [-0.2, -0.15) is 0 Å². The number of carboxylic acid groups (broad SMARTS) is 1. The summed E-state index contributed by atoms with van der Waals surface area (Å²) in [6, 6.07) is -1.54. The van der Waals surface area contributed by atoms with Gasteiger partial charge in [-0.15, -0.1) is 0 Å². The lowest BCUT2D eigenvalue weighted by molar-refractivity contribution is -0.147. The van der Waals surface area contributed by atoms with Crippen LogP contribution < -0.4 is 5.32 Å². The van der Waals surface area contributed by atoms with Crippen LogP contribution in [0.2, 0.25) is 0 Å². The quantitative estimate of drug-likeness (QED) is 0.0201. The molecule has 1 amide bonds. The van der Waals surface area contributed by atoms with Crippen LogP contribution in [0, 0.1) is 0 Å². The monoisotopic (exact) mass is 818 g/mol. The van der Waals surface area contributed by atoms with Crippen LogP contribution in [0.1, 0.15) is 219 Å². The van der Waals surface area contributed by atoms with Gasteiger partial charge in [-0.25, -0.2) is 9.36 Å². The molecule has 330 valence electrons. The number of aliphatic carboxylic acids is 1. The zero-order valence-electron chi connectivity index (χ0n) is 35.7. The first-order chi connectivity index (χ1) is 27.1. The molecule has 0 radical (unpaired) electrons. The molecule has 0 saturated carbocycles. The van der Waals surface area contributed by atoms with E-state index in [9.17, 15) is 34.1 Å². The first kappa shape index (κ1) is 54.2. The van der Waals surface area contributed by atoms with Gasteiger partial charge in [0.15, 0.2) is 6.04 Å². The second-order valence-corrected chi connectivity index (χ2v) is 17.0. The van der Waals surface area contributed by atoms with Crippen molar-refractivity contribution < 1.29 is 47.8 Å². The Morgan fingerprint density at radius 3 is 1.36 bits per heavy atom. The minimum absolute atomic E-state index is 0.151. The first-order valence-electron chi connectivity index (χ1n) is 22.7. The number of carbonyl (C=O) groups excluding carboxylic acids is 2. The summed E-state index contributed by atoms with van der Waals surface area (Å²) < 4.78 is 26.8. The number of nitrogens with one attached hydrogen (secondary N) is 1. The van der Waals surface area contributed by atoms with Crippen LogP contribution >= 0.6 is 7.82 Å². The van der Waals surface area contributed by atoms with Crippen molar-refractivity contribution in [1.82, 2.24) is 5.32 Å². The van der Waals surface area contributed by atoms with Gasteiger partial charge in [0.25, 0.3) is 0 Å². The third-order valence-corrected chi connectivity index (χ3v) is 11.0. The van der Waals surface area contributed by atoms with Gasteiger partial charge in [-0.05, 0) is 38.5 Å². The topological polar surface area (TPSA) is 169 Å². The number of hydrogen-bond acceptors (Lipinski definition) is 8. The smallest absolute Gasteiger partial charge is 0.472 e. The highest BCUT2D eigenvalue weighted by molar-refractivity contribution is 7.47. The van der Waals surface area contributed by atoms with Crippen LogP contribution in [0.3, 0.4) is 0 Å². The predicted molar refractivity (Wildman–Crippen MR) is 226 cm³/mol. The average Bonchev–Trinajstić information content (AvgIpc) is 3.17. The van der Waals surface area contributed by atoms with Crippen LogP contribution in [-0.4, -0.2) is 64.9 Å². The molecule has 11 nitrogen and oxygen atoms in total. The number of amides is 1. The van der Waals surface area contributed by atoms with Gasteiger partial charge in [0.05, 0.1) is 13.2 Å².